The molecule has 0 aromatic heterocycles. The van der Waals surface area contributed by atoms with Crippen LogP contribution in [0.2, 0.25) is 0 Å². The van der Waals surface area contributed by atoms with E-state index in [2.05, 4.69) is 18.9 Å². The standard InChI is InChI=1S/C12H17NO.C5H11NO2/c1-10-12(14,8-9-13(10)2)11-6-4-3-5-7-11;1-3-6(4-2)5(7)8/h3-7,10,14H,8-9H2,1-2H3;3-4H2,1-2H3,(H,7,8). The Morgan fingerprint density at radius 1 is 1.32 bits per heavy atom. The van der Waals surface area contributed by atoms with Crippen LogP contribution in [-0.2, 0) is 5.60 Å². The van der Waals surface area contributed by atoms with Gasteiger partial charge in [-0.05, 0) is 39.8 Å². The van der Waals surface area contributed by atoms with Gasteiger partial charge in [-0.2, -0.15) is 0 Å². The van der Waals surface area contributed by atoms with Crippen molar-refractivity contribution in [1.82, 2.24) is 9.80 Å². The Morgan fingerprint density at radius 2 is 1.86 bits per heavy atom. The number of hydrogen-bond acceptors (Lipinski definition) is 3. The summed E-state index contributed by atoms with van der Waals surface area (Å²) in [5.74, 6) is 0. The van der Waals surface area contributed by atoms with Gasteiger partial charge in [0.1, 0.15) is 5.60 Å². The van der Waals surface area contributed by atoms with E-state index in [1.807, 2.05) is 44.2 Å². The van der Waals surface area contributed by atoms with Gasteiger partial charge < -0.3 is 20.0 Å². The Morgan fingerprint density at radius 3 is 2.18 bits per heavy atom. The minimum atomic E-state index is -0.838. The summed E-state index contributed by atoms with van der Waals surface area (Å²) in [5.41, 5.74) is 0.382. The zero-order chi connectivity index (χ0) is 16.8. The summed E-state index contributed by atoms with van der Waals surface area (Å²) in [5, 5.41) is 18.9. The highest BCUT2D eigenvalue weighted by Crippen LogP contribution is 2.36. The lowest BCUT2D eigenvalue weighted by Crippen LogP contribution is -2.38. The number of likely N-dealkylation sites (tertiary alicyclic amines) is 1. The topological polar surface area (TPSA) is 64.0 Å². The van der Waals surface area contributed by atoms with Crippen molar-refractivity contribution in [2.45, 2.75) is 38.8 Å². The van der Waals surface area contributed by atoms with E-state index in [4.69, 9.17) is 5.11 Å². The Labute approximate surface area is 133 Å². The van der Waals surface area contributed by atoms with E-state index in [1.165, 1.54) is 4.90 Å². The van der Waals surface area contributed by atoms with E-state index < -0.39 is 11.7 Å². The first kappa shape index (κ1) is 18.5. The number of amides is 1. The van der Waals surface area contributed by atoms with Gasteiger partial charge in [-0.1, -0.05) is 30.3 Å². The van der Waals surface area contributed by atoms with Gasteiger partial charge in [-0.25, -0.2) is 4.79 Å². The molecule has 1 aliphatic heterocycles. The highest BCUT2D eigenvalue weighted by Gasteiger charge is 2.42. The second kappa shape index (κ2) is 8.15. The first-order valence-corrected chi connectivity index (χ1v) is 7.82. The van der Waals surface area contributed by atoms with Crippen molar-refractivity contribution in [3.8, 4) is 0 Å². The molecule has 1 amide bonds. The molecular formula is C17H28N2O3. The van der Waals surface area contributed by atoms with Crippen LogP contribution in [0.1, 0.15) is 32.8 Å². The van der Waals surface area contributed by atoms with E-state index in [1.54, 1.807) is 0 Å². The minimum absolute atomic E-state index is 0.199. The molecule has 1 saturated heterocycles. The molecule has 0 saturated carbocycles. The molecule has 1 aromatic carbocycles. The molecule has 22 heavy (non-hydrogen) atoms. The van der Waals surface area contributed by atoms with E-state index in [9.17, 15) is 9.90 Å². The van der Waals surface area contributed by atoms with Crippen molar-refractivity contribution in [3.05, 3.63) is 35.9 Å². The average molecular weight is 308 g/mol. The zero-order valence-corrected chi connectivity index (χ0v) is 14.0. The molecule has 0 radical (unpaired) electrons. The average Bonchev–Trinajstić information content (AvgIpc) is 2.79. The molecule has 5 nitrogen and oxygen atoms in total. The molecule has 0 bridgehead atoms. The third-order valence-corrected chi connectivity index (χ3v) is 4.51. The maximum atomic E-state index is 10.6. The zero-order valence-electron chi connectivity index (χ0n) is 14.0. The largest absolute Gasteiger partial charge is 0.465 e. The molecule has 1 heterocycles. The Kier molecular flexibility index (Phi) is 6.84. The molecule has 1 aliphatic rings. The van der Waals surface area contributed by atoms with Crippen molar-refractivity contribution >= 4 is 6.09 Å². The fraction of sp³-hybridized carbons (Fsp3) is 0.588. The van der Waals surface area contributed by atoms with Crippen LogP contribution < -0.4 is 0 Å². The molecular weight excluding hydrogens is 280 g/mol. The maximum Gasteiger partial charge on any atom is 0.407 e. The third kappa shape index (κ3) is 4.21. The number of hydrogen-bond donors (Lipinski definition) is 2. The van der Waals surface area contributed by atoms with Crippen LogP contribution in [0.15, 0.2) is 30.3 Å². The highest BCUT2D eigenvalue weighted by atomic mass is 16.4. The summed E-state index contributed by atoms with van der Waals surface area (Å²) in [4.78, 5) is 13.6. The van der Waals surface area contributed by atoms with Gasteiger partial charge in [0.2, 0.25) is 0 Å². The predicted molar refractivity (Wildman–Crippen MR) is 88.0 cm³/mol. The first-order valence-electron chi connectivity index (χ1n) is 7.82. The highest BCUT2D eigenvalue weighted by molar-refractivity contribution is 5.64. The number of likely N-dealkylation sites (N-methyl/N-ethyl adjacent to an activating group) is 1. The second-order valence-corrected chi connectivity index (χ2v) is 5.65. The molecule has 2 N–H and O–H groups in total. The normalized spacial score (nSPS) is 24.5. The number of nitrogens with zero attached hydrogens (tertiary/aromatic N) is 2. The summed E-state index contributed by atoms with van der Waals surface area (Å²) in [7, 11) is 2.06. The van der Waals surface area contributed by atoms with Crippen LogP contribution in [0.5, 0.6) is 0 Å². The van der Waals surface area contributed by atoms with Gasteiger partial charge in [-0.15, -0.1) is 0 Å². The molecule has 2 atom stereocenters. The SMILES string of the molecule is CC1N(C)CCC1(O)c1ccccc1.CCN(CC)C(=O)O. The molecule has 1 fully saturated rings. The van der Waals surface area contributed by atoms with Crippen molar-refractivity contribution in [2.75, 3.05) is 26.7 Å². The number of aliphatic hydroxyl groups is 1. The molecule has 0 spiro atoms. The number of benzene rings is 1. The van der Waals surface area contributed by atoms with Crippen LogP contribution in [-0.4, -0.2) is 58.8 Å². The van der Waals surface area contributed by atoms with Crippen molar-refractivity contribution < 1.29 is 15.0 Å². The van der Waals surface area contributed by atoms with Crippen molar-refractivity contribution in [1.29, 1.82) is 0 Å². The molecule has 124 valence electrons. The van der Waals surface area contributed by atoms with Crippen LogP contribution in [0.3, 0.4) is 0 Å². The quantitative estimate of drug-likeness (QED) is 0.901. The van der Waals surface area contributed by atoms with E-state index in [0.717, 1.165) is 18.5 Å². The lowest BCUT2D eigenvalue weighted by atomic mass is 9.87. The predicted octanol–water partition coefficient (Wildman–Crippen LogP) is 2.60. The Balaban J connectivity index is 0.000000261. The first-order chi connectivity index (χ1) is 10.4. The number of carbonyl (C=O) groups is 1. The minimum Gasteiger partial charge on any atom is -0.465 e. The van der Waals surface area contributed by atoms with Gasteiger partial charge in [-0.3, -0.25) is 0 Å². The monoisotopic (exact) mass is 308 g/mol. The van der Waals surface area contributed by atoms with Gasteiger partial charge in [0, 0.05) is 25.7 Å². The van der Waals surface area contributed by atoms with Gasteiger partial charge in [0.05, 0.1) is 0 Å². The Hall–Kier alpha value is -1.59. The van der Waals surface area contributed by atoms with E-state index in [0.29, 0.717) is 13.1 Å². The lowest BCUT2D eigenvalue weighted by molar-refractivity contribution is 0.0109. The van der Waals surface area contributed by atoms with Gasteiger partial charge >= 0.3 is 6.09 Å². The molecule has 2 unspecified atom stereocenters. The molecule has 1 aromatic rings. The summed E-state index contributed by atoms with van der Waals surface area (Å²) in [6.45, 7) is 7.83. The van der Waals surface area contributed by atoms with E-state index in [-0.39, 0.29) is 6.04 Å². The van der Waals surface area contributed by atoms with Crippen LogP contribution >= 0.6 is 0 Å². The van der Waals surface area contributed by atoms with Crippen molar-refractivity contribution in [2.24, 2.45) is 0 Å². The number of carboxylic acid groups (broad SMARTS) is 1. The van der Waals surface area contributed by atoms with Gasteiger partial charge in [0.25, 0.3) is 0 Å². The number of rotatable bonds is 3. The third-order valence-electron chi connectivity index (χ3n) is 4.51. The summed E-state index contributed by atoms with van der Waals surface area (Å²) in [6.07, 6.45) is -0.00991. The van der Waals surface area contributed by atoms with Crippen LogP contribution in [0.25, 0.3) is 0 Å². The molecule has 2 rings (SSSR count). The van der Waals surface area contributed by atoms with E-state index >= 15 is 0 Å². The fourth-order valence-corrected chi connectivity index (χ4v) is 2.72. The summed E-state index contributed by atoms with van der Waals surface area (Å²) < 4.78 is 0. The summed E-state index contributed by atoms with van der Waals surface area (Å²) >= 11 is 0. The van der Waals surface area contributed by atoms with Crippen LogP contribution in [0, 0.1) is 0 Å². The Bertz CT molecular complexity index is 462. The van der Waals surface area contributed by atoms with Crippen molar-refractivity contribution in [3.63, 3.8) is 0 Å². The smallest absolute Gasteiger partial charge is 0.407 e. The lowest BCUT2D eigenvalue weighted by Gasteiger charge is -2.30. The maximum absolute atomic E-state index is 10.6. The fourth-order valence-electron chi connectivity index (χ4n) is 2.72. The molecule has 5 heteroatoms. The summed E-state index contributed by atoms with van der Waals surface area (Å²) in [6, 6.07) is 10.2. The second-order valence-electron chi connectivity index (χ2n) is 5.65. The molecule has 0 aliphatic carbocycles. The van der Waals surface area contributed by atoms with Crippen LogP contribution in [0.4, 0.5) is 4.79 Å². The van der Waals surface area contributed by atoms with Gasteiger partial charge in [0.15, 0.2) is 0 Å².